The first kappa shape index (κ1) is 25.0. The minimum atomic E-state index is -3.81. The van der Waals surface area contributed by atoms with Gasteiger partial charge in [0, 0.05) is 36.6 Å². The number of nitrogens with two attached hydrogens (primary N) is 1. The van der Waals surface area contributed by atoms with Crippen molar-refractivity contribution in [3.05, 3.63) is 41.2 Å². The van der Waals surface area contributed by atoms with Crippen LogP contribution in [0.2, 0.25) is 0 Å². The van der Waals surface area contributed by atoms with E-state index in [0.717, 1.165) is 67.8 Å². The Labute approximate surface area is 204 Å². The van der Waals surface area contributed by atoms with E-state index in [4.69, 9.17) is 9.88 Å². The monoisotopic (exact) mass is 504 g/mol. The van der Waals surface area contributed by atoms with Gasteiger partial charge in [0.2, 0.25) is 10.0 Å². The Kier molecular flexibility index (Phi) is 7.51. The molecule has 1 aliphatic rings. The predicted octanol–water partition coefficient (Wildman–Crippen LogP) is 4.06. The zero-order valence-electron chi connectivity index (χ0n) is 19.9. The summed E-state index contributed by atoms with van der Waals surface area (Å²) in [5, 5.41) is 6.00. The Morgan fingerprint density at radius 3 is 2.74 bits per heavy atom. The van der Waals surface area contributed by atoms with Crippen LogP contribution < -0.4 is 5.14 Å². The number of carbonyl (C=O) groups excluding carboxylic acids is 1. The van der Waals surface area contributed by atoms with Gasteiger partial charge in [-0.1, -0.05) is 25.1 Å². The number of carbonyl (C=O) groups is 1. The van der Waals surface area contributed by atoms with Crippen LogP contribution in [0.3, 0.4) is 0 Å². The summed E-state index contributed by atoms with van der Waals surface area (Å²) in [5.74, 6) is 0.304. The van der Waals surface area contributed by atoms with E-state index in [0.29, 0.717) is 10.7 Å². The predicted molar refractivity (Wildman–Crippen MR) is 134 cm³/mol. The maximum absolute atomic E-state index is 13.2. The largest absolute Gasteiger partial charge is 0.376 e. The third kappa shape index (κ3) is 5.25. The van der Waals surface area contributed by atoms with Gasteiger partial charge in [-0.25, -0.2) is 18.5 Å². The van der Waals surface area contributed by atoms with Crippen LogP contribution in [0.5, 0.6) is 0 Å². The number of thioether (sulfide) groups is 1. The van der Waals surface area contributed by atoms with Gasteiger partial charge in [-0.15, -0.1) is 0 Å². The van der Waals surface area contributed by atoms with Gasteiger partial charge in [0.1, 0.15) is 0 Å². The van der Waals surface area contributed by atoms with Gasteiger partial charge < -0.3 is 13.9 Å². The highest BCUT2D eigenvalue weighted by Gasteiger charge is 2.22. The fraction of sp³-hybridized carbons (Fsp3) is 0.500. The summed E-state index contributed by atoms with van der Waals surface area (Å²) in [4.78, 5) is 17.9. The number of Topliss-reactive ketones (excluding diaryl/α,β-unsaturated/α-hetero) is 1. The molecule has 1 aliphatic heterocycles. The highest BCUT2D eigenvalue weighted by atomic mass is 32.2. The van der Waals surface area contributed by atoms with E-state index in [1.54, 1.807) is 6.07 Å². The molecule has 4 rings (SSSR count). The second-order valence-corrected chi connectivity index (χ2v) is 11.3. The quantitative estimate of drug-likeness (QED) is 0.329. The van der Waals surface area contributed by atoms with E-state index in [9.17, 15) is 13.2 Å². The van der Waals surface area contributed by atoms with Gasteiger partial charge in [0.25, 0.3) is 0 Å². The molecule has 1 aromatic carbocycles. The first-order valence-corrected chi connectivity index (χ1v) is 14.2. The molecule has 0 bridgehead atoms. The lowest BCUT2D eigenvalue weighted by molar-refractivity contribution is 0.0957. The minimum Gasteiger partial charge on any atom is -0.376 e. The van der Waals surface area contributed by atoms with Crippen LogP contribution in [-0.2, 0) is 27.8 Å². The number of sulfonamides is 1. The molecule has 1 saturated heterocycles. The molecule has 1 atom stereocenters. The summed E-state index contributed by atoms with van der Waals surface area (Å²) in [6.07, 6.45) is 4.31. The molecule has 2 aromatic heterocycles. The summed E-state index contributed by atoms with van der Waals surface area (Å²) in [5.41, 5.74) is 4.16. The first-order valence-electron chi connectivity index (χ1n) is 11.7. The minimum absolute atomic E-state index is 0.0337. The van der Waals surface area contributed by atoms with Crippen LogP contribution in [0, 0.1) is 13.8 Å². The van der Waals surface area contributed by atoms with E-state index < -0.39 is 10.0 Å². The highest BCUT2D eigenvalue weighted by Crippen LogP contribution is 2.28. The lowest BCUT2D eigenvalue weighted by Crippen LogP contribution is -2.17. The van der Waals surface area contributed by atoms with Gasteiger partial charge in [-0.05, 0) is 57.4 Å². The molecule has 3 heterocycles. The molecule has 0 saturated carbocycles. The molecule has 2 N–H and O–H groups in total. The van der Waals surface area contributed by atoms with E-state index in [2.05, 4.69) is 21.0 Å². The SMILES string of the molecule is CCCCn1c(SCC(=O)c2cc(C)n(C[C@@H]3CCCO3)c2C)nc2cc(S(N)(=O)=O)ccc21. The van der Waals surface area contributed by atoms with Crippen molar-refractivity contribution in [1.82, 2.24) is 14.1 Å². The summed E-state index contributed by atoms with van der Waals surface area (Å²) < 4.78 is 33.6. The van der Waals surface area contributed by atoms with Crippen LogP contribution >= 0.6 is 11.8 Å². The zero-order valence-corrected chi connectivity index (χ0v) is 21.5. The fourth-order valence-electron chi connectivity index (χ4n) is 4.47. The number of unbranched alkanes of at least 4 members (excludes halogenated alkanes) is 1. The maximum Gasteiger partial charge on any atom is 0.238 e. The average molecular weight is 505 g/mol. The number of benzene rings is 1. The summed E-state index contributed by atoms with van der Waals surface area (Å²) >= 11 is 1.38. The van der Waals surface area contributed by atoms with Crippen LogP contribution in [0.1, 0.15) is 54.4 Å². The van der Waals surface area contributed by atoms with Crippen LogP contribution in [0.15, 0.2) is 34.3 Å². The number of hydrogen-bond acceptors (Lipinski definition) is 6. The smallest absolute Gasteiger partial charge is 0.238 e. The lowest BCUT2D eigenvalue weighted by atomic mass is 10.2. The maximum atomic E-state index is 13.2. The molecule has 10 heteroatoms. The van der Waals surface area contributed by atoms with E-state index in [1.807, 2.05) is 19.9 Å². The number of rotatable bonds is 10. The topological polar surface area (TPSA) is 109 Å². The van der Waals surface area contributed by atoms with Crippen LogP contribution in [0.25, 0.3) is 11.0 Å². The molecule has 0 amide bonds. The van der Waals surface area contributed by atoms with Gasteiger partial charge >= 0.3 is 0 Å². The second kappa shape index (κ2) is 10.2. The summed E-state index contributed by atoms with van der Waals surface area (Å²) in [6.45, 7) is 8.46. The Morgan fingerprint density at radius 2 is 2.06 bits per heavy atom. The van der Waals surface area contributed by atoms with Crippen molar-refractivity contribution in [2.75, 3.05) is 12.4 Å². The van der Waals surface area contributed by atoms with Crippen LogP contribution in [0.4, 0.5) is 0 Å². The van der Waals surface area contributed by atoms with Crippen LogP contribution in [-0.4, -0.2) is 46.8 Å². The molecule has 184 valence electrons. The molecule has 0 radical (unpaired) electrons. The zero-order chi connectivity index (χ0) is 24.5. The van der Waals surface area contributed by atoms with Crippen molar-refractivity contribution in [1.29, 1.82) is 0 Å². The van der Waals surface area contributed by atoms with Gasteiger partial charge in [0.15, 0.2) is 10.9 Å². The molecule has 8 nitrogen and oxygen atoms in total. The van der Waals surface area contributed by atoms with E-state index in [-0.39, 0.29) is 22.5 Å². The molecule has 34 heavy (non-hydrogen) atoms. The van der Waals surface area contributed by atoms with E-state index >= 15 is 0 Å². The van der Waals surface area contributed by atoms with E-state index in [1.165, 1.54) is 23.9 Å². The third-order valence-electron chi connectivity index (χ3n) is 6.37. The van der Waals surface area contributed by atoms with Gasteiger partial charge in [0.05, 0.1) is 27.8 Å². The standard InChI is InChI=1S/C24H32N4O4S2/c1-4-5-10-27-22-9-8-19(34(25,30)31)13-21(22)26-24(27)33-15-23(29)20-12-16(2)28(17(20)3)14-18-7-6-11-32-18/h8-9,12-13,18H,4-7,10-11,14-15H2,1-3H3,(H2,25,30,31)/t18-/m0/s1. The normalized spacial score (nSPS) is 16.5. The summed E-state index contributed by atoms with van der Waals surface area (Å²) in [7, 11) is -3.81. The molecule has 0 unspecified atom stereocenters. The van der Waals surface area contributed by atoms with Crippen molar-refractivity contribution in [2.24, 2.45) is 5.14 Å². The van der Waals surface area contributed by atoms with Gasteiger partial charge in [-0.3, -0.25) is 4.79 Å². The number of aryl methyl sites for hydroxylation is 2. The van der Waals surface area contributed by atoms with Crippen molar-refractivity contribution < 1.29 is 17.9 Å². The third-order valence-corrected chi connectivity index (χ3v) is 8.25. The fourth-order valence-corrected chi connectivity index (χ4v) is 5.93. The number of nitrogens with zero attached hydrogens (tertiary/aromatic N) is 3. The summed E-state index contributed by atoms with van der Waals surface area (Å²) in [6, 6.07) is 6.70. The molecular formula is C24H32N4O4S2. The number of ether oxygens (including phenoxy) is 1. The van der Waals surface area contributed by atoms with Crippen molar-refractivity contribution in [3.8, 4) is 0 Å². The Hall–Kier alpha value is -2.14. The number of imidazole rings is 1. The second-order valence-electron chi connectivity index (χ2n) is 8.84. The molecule has 0 spiro atoms. The molecule has 1 fully saturated rings. The number of aromatic nitrogens is 3. The number of primary sulfonamides is 1. The number of ketones is 1. The Morgan fingerprint density at radius 1 is 1.26 bits per heavy atom. The Balaban J connectivity index is 1.56. The molecular weight excluding hydrogens is 472 g/mol. The molecule has 3 aromatic rings. The Bertz CT molecular complexity index is 1300. The number of hydrogen-bond donors (Lipinski definition) is 1. The van der Waals surface area contributed by atoms with Gasteiger partial charge in [-0.2, -0.15) is 0 Å². The average Bonchev–Trinajstić information content (AvgIpc) is 3.49. The van der Waals surface area contributed by atoms with Crippen molar-refractivity contribution >= 4 is 38.6 Å². The number of fused-ring (bicyclic) bond motifs is 1. The highest BCUT2D eigenvalue weighted by molar-refractivity contribution is 7.99. The lowest BCUT2D eigenvalue weighted by Gasteiger charge is -2.14. The van der Waals surface area contributed by atoms with Crippen molar-refractivity contribution in [2.45, 2.75) is 75.7 Å². The first-order chi connectivity index (χ1) is 16.2. The van der Waals surface area contributed by atoms with Crippen molar-refractivity contribution in [3.63, 3.8) is 0 Å². The molecule has 0 aliphatic carbocycles.